The first-order valence-electron chi connectivity index (χ1n) is 4.60. The molecule has 0 aliphatic carbocycles. The van der Waals surface area contributed by atoms with Gasteiger partial charge in [0, 0.05) is 17.2 Å². The van der Waals surface area contributed by atoms with Crippen LogP contribution >= 0.6 is 0 Å². The van der Waals surface area contributed by atoms with Gasteiger partial charge in [-0.05, 0) is 13.0 Å². The number of nitro groups is 1. The number of nitro benzene ring substituents is 1. The minimum absolute atomic E-state index is 0.216. The normalized spacial score (nSPS) is 10.2. The molecule has 0 radical (unpaired) electrons. The number of Topliss-reactive ketones (excluding diaryl/α,β-unsaturated/α-hetero) is 1. The van der Waals surface area contributed by atoms with Crippen molar-refractivity contribution in [3.63, 3.8) is 0 Å². The van der Waals surface area contributed by atoms with Gasteiger partial charge in [0.1, 0.15) is 0 Å². The number of hydrogen-bond acceptors (Lipinski definition) is 5. The number of nitrogens with zero attached hydrogens (tertiary/aromatic N) is 1. The predicted octanol–water partition coefficient (Wildman–Crippen LogP) is 2.21. The van der Waals surface area contributed by atoms with E-state index in [1.54, 1.807) is 0 Å². The van der Waals surface area contributed by atoms with Crippen molar-refractivity contribution in [1.82, 2.24) is 0 Å². The van der Waals surface area contributed by atoms with Crippen LogP contribution in [0.3, 0.4) is 0 Å². The highest BCUT2D eigenvalue weighted by atomic mass is 19.3. The van der Waals surface area contributed by atoms with E-state index in [0.29, 0.717) is 0 Å². The van der Waals surface area contributed by atoms with Crippen LogP contribution in [-0.2, 0) is 0 Å². The van der Waals surface area contributed by atoms with Crippen LogP contribution in [0.1, 0.15) is 27.6 Å². The molecule has 0 spiro atoms. The molecule has 96 valence electrons. The van der Waals surface area contributed by atoms with Gasteiger partial charge in [-0.3, -0.25) is 19.7 Å². The van der Waals surface area contributed by atoms with Gasteiger partial charge in [0.2, 0.25) is 5.75 Å². The van der Waals surface area contributed by atoms with E-state index in [2.05, 4.69) is 4.74 Å². The average Bonchev–Trinajstić information content (AvgIpc) is 2.27. The summed E-state index contributed by atoms with van der Waals surface area (Å²) in [6.45, 7) is -2.18. The lowest BCUT2D eigenvalue weighted by Gasteiger charge is -2.08. The Kier molecular flexibility index (Phi) is 4.03. The van der Waals surface area contributed by atoms with Crippen molar-refractivity contribution >= 4 is 17.8 Å². The lowest BCUT2D eigenvalue weighted by molar-refractivity contribution is -0.386. The van der Waals surface area contributed by atoms with E-state index in [-0.39, 0.29) is 17.4 Å². The number of halogens is 2. The summed E-state index contributed by atoms with van der Waals surface area (Å²) in [7, 11) is 0. The second-order valence-electron chi connectivity index (χ2n) is 3.22. The molecule has 0 saturated heterocycles. The van der Waals surface area contributed by atoms with Crippen LogP contribution in [-0.4, -0.2) is 23.6 Å². The van der Waals surface area contributed by atoms with Crippen molar-refractivity contribution < 1.29 is 28.0 Å². The number of carbonyl (C=O) groups is 2. The number of hydrogen-bond donors (Lipinski definition) is 0. The average molecular weight is 259 g/mol. The van der Waals surface area contributed by atoms with Crippen LogP contribution in [0.25, 0.3) is 0 Å². The zero-order valence-corrected chi connectivity index (χ0v) is 9.05. The van der Waals surface area contributed by atoms with Crippen LogP contribution < -0.4 is 4.74 Å². The highest BCUT2D eigenvalue weighted by molar-refractivity contribution is 6.02. The van der Waals surface area contributed by atoms with Gasteiger partial charge in [-0.1, -0.05) is 0 Å². The Morgan fingerprint density at radius 3 is 2.50 bits per heavy atom. The number of carbonyl (C=O) groups excluding carboxylic acids is 2. The van der Waals surface area contributed by atoms with E-state index in [1.807, 2.05) is 0 Å². The maximum Gasteiger partial charge on any atom is 0.387 e. The fourth-order valence-electron chi connectivity index (χ4n) is 1.32. The summed E-state index contributed by atoms with van der Waals surface area (Å²) in [5, 5.41) is 10.6. The molecule has 18 heavy (non-hydrogen) atoms. The van der Waals surface area contributed by atoms with Gasteiger partial charge in [-0.25, -0.2) is 0 Å². The standard InChI is InChI=1S/C10H7F2NO5/c1-5(15)7-3-9(18-10(11)12)8(13(16)17)2-6(7)4-14/h2-4,10H,1H3. The van der Waals surface area contributed by atoms with E-state index in [0.717, 1.165) is 19.1 Å². The Morgan fingerprint density at radius 1 is 1.50 bits per heavy atom. The fourth-order valence-corrected chi connectivity index (χ4v) is 1.32. The lowest BCUT2D eigenvalue weighted by Crippen LogP contribution is -2.08. The zero-order valence-electron chi connectivity index (χ0n) is 9.05. The molecule has 0 saturated carbocycles. The first-order valence-corrected chi connectivity index (χ1v) is 4.60. The molecule has 0 amide bonds. The van der Waals surface area contributed by atoms with Crippen molar-refractivity contribution in [3.05, 3.63) is 33.4 Å². The van der Waals surface area contributed by atoms with Crippen LogP contribution in [0.15, 0.2) is 12.1 Å². The summed E-state index contributed by atoms with van der Waals surface area (Å²) in [6, 6.07) is 1.48. The lowest BCUT2D eigenvalue weighted by atomic mass is 10.0. The van der Waals surface area contributed by atoms with Crippen LogP contribution in [0.4, 0.5) is 14.5 Å². The van der Waals surface area contributed by atoms with Crippen LogP contribution in [0.5, 0.6) is 5.75 Å². The van der Waals surface area contributed by atoms with Crippen LogP contribution in [0.2, 0.25) is 0 Å². The molecule has 0 fully saturated rings. The Bertz CT molecular complexity index is 515. The molecule has 1 aromatic rings. The molecule has 0 aliphatic rings. The molecular weight excluding hydrogens is 252 g/mol. The topological polar surface area (TPSA) is 86.5 Å². The van der Waals surface area contributed by atoms with Gasteiger partial charge in [-0.2, -0.15) is 8.78 Å². The molecule has 0 heterocycles. The molecule has 0 N–H and O–H groups in total. The molecule has 1 aromatic carbocycles. The number of ether oxygens (including phenoxy) is 1. The predicted molar refractivity (Wildman–Crippen MR) is 55.1 cm³/mol. The third-order valence-electron chi connectivity index (χ3n) is 2.05. The van der Waals surface area contributed by atoms with Crippen molar-refractivity contribution in [2.75, 3.05) is 0 Å². The molecule has 0 atom stereocenters. The summed E-state index contributed by atoms with van der Waals surface area (Å²) in [5.74, 6) is -1.35. The molecule has 0 bridgehead atoms. The number of aldehydes is 1. The summed E-state index contributed by atoms with van der Waals surface area (Å²) in [4.78, 5) is 31.5. The number of rotatable bonds is 5. The van der Waals surface area contributed by atoms with E-state index in [1.165, 1.54) is 0 Å². The van der Waals surface area contributed by atoms with Crippen molar-refractivity contribution in [2.24, 2.45) is 0 Å². The minimum atomic E-state index is -3.27. The highest BCUT2D eigenvalue weighted by Gasteiger charge is 2.23. The Labute approximate surface area is 99.3 Å². The molecule has 8 heteroatoms. The van der Waals surface area contributed by atoms with Crippen molar-refractivity contribution in [2.45, 2.75) is 13.5 Å². The van der Waals surface area contributed by atoms with Gasteiger partial charge >= 0.3 is 12.3 Å². The number of ketones is 1. The molecular formula is C10H7F2NO5. The van der Waals surface area contributed by atoms with Gasteiger partial charge < -0.3 is 4.74 Å². The quantitative estimate of drug-likeness (QED) is 0.350. The molecule has 0 unspecified atom stereocenters. The first-order chi connectivity index (χ1) is 8.36. The van der Waals surface area contributed by atoms with Crippen molar-refractivity contribution in [3.8, 4) is 5.75 Å². The van der Waals surface area contributed by atoms with Gasteiger partial charge in [-0.15, -0.1) is 0 Å². The van der Waals surface area contributed by atoms with Crippen molar-refractivity contribution in [1.29, 1.82) is 0 Å². The molecule has 0 aliphatic heterocycles. The Morgan fingerprint density at radius 2 is 2.11 bits per heavy atom. The molecule has 0 aromatic heterocycles. The van der Waals surface area contributed by atoms with Gasteiger partial charge in [0.15, 0.2) is 12.1 Å². The first kappa shape index (κ1) is 13.7. The van der Waals surface area contributed by atoms with E-state index < -0.39 is 28.8 Å². The summed E-state index contributed by atoms with van der Waals surface area (Å²) in [6.07, 6.45) is 0.232. The van der Waals surface area contributed by atoms with Crippen LogP contribution in [0, 0.1) is 10.1 Å². The summed E-state index contributed by atoms with van der Waals surface area (Å²) < 4.78 is 28.1. The number of benzene rings is 1. The Balaban J connectivity index is 3.46. The monoisotopic (exact) mass is 259 g/mol. The molecule has 6 nitrogen and oxygen atoms in total. The third kappa shape index (κ3) is 2.84. The fraction of sp³-hybridized carbons (Fsp3) is 0.200. The minimum Gasteiger partial charge on any atom is -0.427 e. The smallest absolute Gasteiger partial charge is 0.387 e. The van der Waals surface area contributed by atoms with E-state index >= 15 is 0 Å². The second-order valence-corrected chi connectivity index (χ2v) is 3.22. The third-order valence-corrected chi connectivity index (χ3v) is 2.05. The Hall–Kier alpha value is -2.38. The molecule has 1 rings (SSSR count). The largest absolute Gasteiger partial charge is 0.427 e. The SMILES string of the molecule is CC(=O)c1cc(OC(F)F)c([N+](=O)[O-])cc1C=O. The number of alkyl halides is 2. The summed E-state index contributed by atoms with van der Waals surface area (Å²) in [5.41, 5.74) is -1.27. The zero-order chi connectivity index (χ0) is 13.9. The maximum atomic E-state index is 12.1. The van der Waals surface area contributed by atoms with Gasteiger partial charge in [0.05, 0.1) is 4.92 Å². The van der Waals surface area contributed by atoms with Gasteiger partial charge in [0.25, 0.3) is 0 Å². The maximum absolute atomic E-state index is 12.1. The summed E-state index contributed by atoms with van der Waals surface area (Å²) >= 11 is 0. The van der Waals surface area contributed by atoms with E-state index in [9.17, 15) is 28.5 Å². The van der Waals surface area contributed by atoms with E-state index in [4.69, 9.17) is 0 Å². The highest BCUT2D eigenvalue weighted by Crippen LogP contribution is 2.31. The second kappa shape index (κ2) is 5.30.